The van der Waals surface area contributed by atoms with Crippen LogP contribution in [0.15, 0.2) is 18.5 Å². The molecule has 1 amide bonds. The lowest BCUT2D eigenvalue weighted by atomic mass is 10.4. The highest BCUT2D eigenvalue weighted by Gasteiger charge is 2.16. The van der Waals surface area contributed by atoms with E-state index in [2.05, 4.69) is 20.3 Å². The lowest BCUT2D eigenvalue weighted by molar-refractivity contribution is 0.0945. The first-order valence-corrected chi connectivity index (χ1v) is 6.79. The first-order chi connectivity index (χ1) is 9.20. The molecule has 0 aliphatic carbocycles. The van der Waals surface area contributed by atoms with Crippen LogP contribution in [0.1, 0.15) is 21.3 Å². The summed E-state index contributed by atoms with van der Waals surface area (Å²) in [5.74, 6) is 0.196. The summed E-state index contributed by atoms with van der Waals surface area (Å²) in [6.45, 7) is 0.711. The molecular weight excluding hydrogens is 357 g/mol. The fraction of sp³-hybridized carbons (Fsp3) is 0.273. The minimum absolute atomic E-state index is 0. The maximum absolute atomic E-state index is 11.9. The first-order valence-electron chi connectivity index (χ1n) is 5.60. The van der Waals surface area contributed by atoms with Crippen molar-refractivity contribution in [3.8, 4) is 0 Å². The third-order valence-corrected chi connectivity index (χ3v) is 3.54. The van der Waals surface area contributed by atoms with E-state index in [0.29, 0.717) is 23.1 Å². The Balaban J connectivity index is 0.00000200. The molecule has 0 atom stereocenters. The number of amides is 1. The third-order valence-electron chi connectivity index (χ3n) is 2.23. The Morgan fingerprint density at radius 2 is 2.00 bits per heavy atom. The number of hydrogen-bond donors (Lipinski definition) is 2. The van der Waals surface area contributed by atoms with Gasteiger partial charge in [0.15, 0.2) is 5.69 Å². The Bertz CT molecular complexity index is 566. The molecule has 6 nitrogen and oxygen atoms in total. The van der Waals surface area contributed by atoms with E-state index in [4.69, 9.17) is 17.3 Å². The molecule has 0 aromatic carbocycles. The van der Waals surface area contributed by atoms with Crippen LogP contribution in [0.25, 0.3) is 0 Å². The molecule has 0 fully saturated rings. The summed E-state index contributed by atoms with van der Waals surface area (Å²) >= 11 is 7.25. The molecule has 0 aliphatic heterocycles. The summed E-state index contributed by atoms with van der Waals surface area (Å²) in [5, 5.41) is 3.43. The summed E-state index contributed by atoms with van der Waals surface area (Å²) in [6.07, 6.45) is 3.84. The average molecular weight is 371 g/mol. The molecule has 0 bridgehead atoms. The highest BCUT2D eigenvalue weighted by Crippen LogP contribution is 2.24. The quantitative estimate of drug-likeness (QED) is 0.838. The molecule has 2 aromatic rings. The predicted octanol–water partition coefficient (Wildman–Crippen LogP) is 1.86. The fourth-order valence-corrected chi connectivity index (χ4v) is 2.57. The number of aromatic nitrogens is 3. The normalized spacial score (nSPS) is 9.43. The summed E-state index contributed by atoms with van der Waals surface area (Å²) < 4.78 is 0.370. The number of carbonyl (C=O) groups excluding carboxylic acids is 1. The molecule has 0 saturated carbocycles. The first kappa shape index (κ1) is 20.0. The second-order valence-corrected chi connectivity index (χ2v) is 5.30. The van der Waals surface area contributed by atoms with Crippen molar-refractivity contribution in [2.24, 2.45) is 5.73 Å². The molecular formula is C11H14Cl3N5OS. The molecule has 0 unspecified atom stereocenters. The largest absolute Gasteiger partial charge is 0.343 e. The Morgan fingerprint density at radius 1 is 1.33 bits per heavy atom. The van der Waals surface area contributed by atoms with Crippen LogP contribution < -0.4 is 11.1 Å². The highest BCUT2D eigenvalue weighted by atomic mass is 35.5. The third kappa shape index (κ3) is 5.72. The van der Waals surface area contributed by atoms with Gasteiger partial charge in [-0.15, -0.1) is 36.2 Å². The number of nitrogens with two attached hydrogens (primary N) is 1. The van der Waals surface area contributed by atoms with E-state index < -0.39 is 0 Å². The van der Waals surface area contributed by atoms with E-state index in [0.717, 1.165) is 5.01 Å². The fourth-order valence-electron chi connectivity index (χ4n) is 1.38. The second kappa shape index (κ2) is 9.86. The van der Waals surface area contributed by atoms with E-state index in [9.17, 15) is 4.79 Å². The molecule has 2 aromatic heterocycles. The van der Waals surface area contributed by atoms with E-state index in [1.54, 1.807) is 18.5 Å². The van der Waals surface area contributed by atoms with Gasteiger partial charge in [-0.1, -0.05) is 11.6 Å². The van der Waals surface area contributed by atoms with Crippen LogP contribution in [-0.2, 0) is 13.0 Å². The zero-order valence-electron chi connectivity index (χ0n) is 10.8. The van der Waals surface area contributed by atoms with Gasteiger partial charge in [0.25, 0.3) is 5.91 Å². The van der Waals surface area contributed by atoms with E-state index in [1.165, 1.54) is 11.3 Å². The van der Waals surface area contributed by atoms with Gasteiger partial charge in [-0.3, -0.25) is 4.79 Å². The van der Waals surface area contributed by atoms with Gasteiger partial charge in [0, 0.05) is 18.8 Å². The highest BCUT2D eigenvalue weighted by molar-refractivity contribution is 7.16. The number of thiazole rings is 1. The average Bonchev–Trinajstić information content (AvgIpc) is 2.79. The topological polar surface area (TPSA) is 93.8 Å². The number of rotatable bonds is 5. The summed E-state index contributed by atoms with van der Waals surface area (Å²) in [6, 6.07) is 1.71. The predicted molar refractivity (Wildman–Crippen MR) is 87.6 cm³/mol. The van der Waals surface area contributed by atoms with E-state index >= 15 is 0 Å². The lowest BCUT2D eigenvalue weighted by Crippen LogP contribution is -2.24. The van der Waals surface area contributed by atoms with Crippen molar-refractivity contribution in [1.29, 1.82) is 0 Å². The van der Waals surface area contributed by atoms with Crippen LogP contribution >= 0.6 is 47.8 Å². The molecule has 10 heteroatoms. The van der Waals surface area contributed by atoms with Gasteiger partial charge in [0.05, 0.1) is 11.6 Å². The number of halogens is 3. The minimum Gasteiger partial charge on any atom is -0.343 e. The number of nitrogens with zero attached hydrogens (tertiary/aromatic N) is 3. The number of nitrogens with one attached hydrogen (secondary N) is 1. The van der Waals surface area contributed by atoms with Crippen LogP contribution in [0.3, 0.4) is 0 Å². The second-order valence-electron chi connectivity index (χ2n) is 3.62. The van der Waals surface area contributed by atoms with Crippen LogP contribution in [0.2, 0.25) is 4.34 Å². The van der Waals surface area contributed by atoms with Crippen LogP contribution in [-0.4, -0.2) is 27.4 Å². The van der Waals surface area contributed by atoms with Crippen molar-refractivity contribution in [1.82, 2.24) is 20.3 Å². The van der Waals surface area contributed by atoms with Gasteiger partial charge >= 0.3 is 0 Å². The van der Waals surface area contributed by atoms with E-state index in [1.807, 2.05) is 0 Å². The van der Waals surface area contributed by atoms with Gasteiger partial charge in [0.2, 0.25) is 0 Å². The Hall–Kier alpha value is -0.990. The summed E-state index contributed by atoms with van der Waals surface area (Å²) in [4.78, 5) is 24.1. The van der Waals surface area contributed by atoms with Gasteiger partial charge in [0.1, 0.15) is 10.2 Å². The van der Waals surface area contributed by atoms with Crippen LogP contribution in [0.4, 0.5) is 0 Å². The Labute approximate surface area is 143 Å². The molecule has 0 spiro atoms. The van der Waals surface area contributed by atoms with Crippen LogP contribution in [0, 0.1) is 0 Å². The summed E-state index contributed by atoms with van der Waals surface area (Å²) in [7, 11) is 0. The summed E-state index contributed by atoms with van der Waals surface area (Å²) in [5.41, 5.74) is 5.66. The monoisotopic (exact) mass is 369 g/mol. The van der Waals surface area contributed by atoms with Crippen molar-refractivity contribution < 1.29 is 4.79 Å². The molecule has 3 N–H and O–H groups in total. The van der Waals surface area contributed by atoms with Crippen molar-refractivity contribution >= 4 is 53.7 Å². The SMILES string of the molecule is Cl.Cl.NCCc1nc(C(=O)NCc2ncccn2)c(Cl)s1. The van der Waals surface area contributed by atoms with Gasteiger partial charge in [-0.2, -0.15) is 0 Å². The Morgan fingerprint density at radius 3 is 2.62 bits per heavy atom. The molecule has 2 rings (SSSR count). The maximum Gasteiger partial charge on any atom is 0.272 e. The van der Waals surface area contributed by atoms with Gasteiger partial charge < -0.3 is 11.1 Å². The molecule has 2 heterocycles. The zero-order valence-corrected chi connectivity index (χ0v) is 14.0. The maximum atomic E-state index is 11.9. The molecule has 0 radical (unpaired) electrons. The van der Waals surface area contributed by atoms with Crippen LogP contribution in [0.5, 0.6) is 0 Å². The van der Waals surface area contributed by atoms with Crippen molar-refractivity contribution in [3.63, 3.8) is 0 Å². The van der Waals surface area contributed by atoms with Crippen molar-refractivity contribution in [2.75, 3.05) is 6.54 Å². The zero-order chi connectivity index (χ0) is 13.7. The smallest absolute Gasteiger partial charge is 0.272 e. The number of hydrogen-bond acceptors (Lipinski definition) is 6. The molecule has 0 aliphatic rings. The minimum atomic E-state index is -0.336. The van der Waals surface area contributed by atoms with Gasteiger partial charge in [-0.05, 0) is 12.6 Å². The standard InChI is InChI=1S/C11H12ClN5OS.2ClH/c12-10-9(17-8(19-10)2-3-13)11(18)16-6-7-14-4-1-5-15-7;;/h1,4-5H,2-3,6,13H2,(H,16,18);2*1H. The van der Waals surface area contributed by atoms with Crippen molar-refractivity contribution in [3.05, 3.63) is 39.3 Å². The van der Waals surface area contributed by atoms with Crippen molar-refractivity contribution in [2.45, 2.75) is 13.0 Å². The molecule has 0 saturated heterocycles. The lowest BCUT2D eigenvalue weighted by Gasteiger charge is -2.01. The number of carbonyl (C=O) groups is 1. The molecule has 116 valence electrons. The Kier molecular flexibility index (Phi) is 9.39. The van der Waals surface area contributed by atoms with E-state index in [-0.39, 0.29) is 43.0 Å². The molecule has 21 heavy (non-hydrogen) atoms. The van der Waals surface area contributed by atoms with Gasteiger partial charge in [-0.25, -0.2) is 15.0 Å².